The molecule has 15 heavy (non-hydrogen) atoms. The fraction of sp³-hybridized carbons (Fsp3) is 0.538. The van der Waals surface area contributed by atoms with Crippen molar-refractivity contribution in [3.05, 3.63) is 23.8 Å². The van der Waals surface area contributed by atoms with Crippen LogP contribution in [-0.2, 0) is 0 Å². The van der Waals surface area contributed by atoms with Crippen LogP contribution >= 0.6 is 0 Å². The first kappa shape index (κ1) is 10.3. The Morgan fingerprint density at radius 2 is 2.00 bits per heavy atom. The molecule has 0 saturated heterocycles. The van der Waals surface area contributed by atoms with Crippen molar-refractivity contribution in [1.82, 2.24) is 0 Å². The van der Waals surface area contributed by atoms with Crippen LogP contribution in [0.4, 0.5) is 0 Å². The fourth-order valence-electron chi connectivity index (χ4n) is 1.66. The molecular formula is C13H18O2. The van der Waals surface area contributed by atoms with Gasteiger partial charge in [0.05, 0.1) is 13.2 Å². The molecule has 0 N–H and O–H groups in total. The van der Waals surface area contributed by atoms with E-state index in [4.69, 9.17) is 9.47 Å². The first-order valence-electron chi connectivity index (χ1n) is 5.56. The van der Waals surface area contributed by atoms with Gasteiger partial charge in [0.25, 0.3) is 0 Å². The highest BCUT2D eigenvalue weighted by atomic mass is 16.5. The molecule has 0 atom stereocenters. The molecule has 2 rings (SSSR count). The highest BCUT2D eigenvalue weighted by molar-refractivity contribution is 5.48. The number of para-hydroxylation sites is 1. The standard InChI is InChI=1S/C13H18O2/c1-9(2)11-5-4-6-12(13(11)14-3)15-10-7-8-10/h4-6,9-10H,7-8H2,1-3H3. The fourth-order valence-corrected chi connectivity index (χ4v) is 1.66. The number of benzene rings is 1. The second-order valence-corrected chi connectivity index (χ2v) is 4.35. The van der Waals surface area contributed by atoms with Gasteiger partial charge in [0.1, 0.15) is 0 Å². The lowest BCUT2D eigenvalue weighted by Gasteiger charge is -2.16. The Labute approximate surface area is 91.2 Å². The topological polar surface area (TPSA) is 18.5 Å². The summed E-state index contributed by atoms with van der Waals surface area (Å²) in [6, 6.07) is 6.13. The van der Waals surface area contributed by atoms with Crippen LogP contribution in [0.1, 0.15) is 38.2 Å². The van der Waals surface area contributed by atoms with Crippen molar-refractivity contribution in [2.75, 3.05) is 7.11 Å². The zero-order valence-electron chi connectivity index (χ0n) is 9.62. The molecule has 1 aromatic rings. The van der Waals surface area contributed by atoms with Crippen LogP contribution in [0.5, 0.6) is 11.5 Å². The lowest BCUT2D eigenvalue weighted by Crippen LogP contribution is -2.01. The van der Waals surface area contributed by atoms with E-state index < -0.39 is 0 Å². The summed E-state index contributed by atoms with van der Waals surface area (Å²) in [4.78, 5) is 0. The summed E-state index contributed by atoms with van der Waals surface area (Å²) in [5.74, 6) is 2.26. The van der Waals surface area contributed by atoms with Gasteiger partial charge in [0, 0.05) is 5.56 Å². The molecule has 1 aliphatic rings. The largest absolute Gasteiger partial charge is 0.493 e. The van der Waals surface area contributed by atoms with Gasteiger partial charge in [-0.3, -0.25) is 0 Å². The average Bonchev–Trinajstić information content (AvgIpc) is 3.01. The number of ether oxygens (including phenoxy) is 2. The van der Waals surface area contributed by atoms with Gasteiger partial charge in [-0.25, -0.2) is 0 Å². The summed E-state index contributed by atoms with van der Waals surface area (Å²) >= 11 is 0. The van der Waals surface area contributed by atoms with Crippen LogP contribution in [0.15, 0.2) is 18.2 Å². The third kappa shape index (κ3) is 2.25. The van der Waals surface area contributed by atoms with E-state index in [-0.39, 0.29) is 0 Å². The van der Waals surface area contributed by atoms with E-state index in [2.05, 4.69) is 19.9 Å². The number of rotatable bonds is 4. The highest BCUT2D eigenvalue weighted by Gasteiger charge is 2.25. The molecule has 1 aromatic carbocycles. The maximum Gasteiger partial charge on any atom is 0.164 e. The Kier molecular flexibility index (Phi) is 2.85. The van der Waals surface area contributed by atoms with Crippen LogP contribution in [0.25, 0.3) is 0 Å². The van der Waals surface area contributed by atoms with Crippen molar-refractivity contribution in [3.63, 3.8) is 0 Å². The molecule has 1 fully saturated rings. The van der Waals surface area contributed by atoms with Gasteiger partial charge in [-0.15, -0.1) is 0 Å². The van der Waals surface area contributed by atoms with Gasteiger partial charge in [0.2, 0.25) is 0 Å². The van der Waals surface area contributed by atoms with Crippen LogP contribution in [0.2, 0.25) is 0 Å². The lowest BCUT2D eigenvalue weighted by molar-refractivity contribution is 0.280. The molecule has 0 radical (unpaired) electrons. The predicted molar refractivity (Wildman–Crippen MR) is 60.7 cm³/mol. The van der Waals surface area contributed by atoms with Crippen molar-refractivity contribution >= 4 is 0 Å². The molecule has 0 bridgehead atoms. The molecule has 0 amide bonds. The van der Waals surface area contributed by atoms with Gasteiger partial charge in [0.15, 0.2) is 11.5 Å². The number of hydrogen-bond donors (Lipinski definition) is 0. The van der Waals surface area contributed by atoms with Crippen molar-refractivity contribution in [1.29, 1.82) is 0 Å². The molecule has 0 heterocycles. The Morgan fingerprint density at radius 3 is 2.53 bits per heavy atom. The minimum Gasteiger partial charge on any atom is -0.493 e. The van der Waals surface area contributed by atoms with Crippen molar-refractivity contribution in [2.45, 2.75) is 38.7 Å². The second-order valence-electron chi connectivity index (χ2n) is 4.35. The maximum absolute atomic E-state index is 5.81. The molecule has 2 heteroatoms. The zero-order chi connectivity index (χ0) is 10.8. The minimum absolute atomic E-state index is 0.418. The highest BCUT2D eigenvalue weighted by Crippen LogP contribution is 2.38. The molecule has 82 valence electrons. The summed E-state index contributed by atoms with van der Waals surface area (Å²) in [5, 5.41) is 0. The number of hydrogen-bond acceptors (Lipinski definition) is 2. The van der Waals surface area contributed by atoms with Crippen molar-refractivity contribution in [3.8, 4) is 11.5 Å². The van der Waals surface area contributed by atoms with Crippen LogP contribution < -0.4 is 9.47 Å². The van der Waals surface area contributed by atoms with E-state index in [1.807, 2.05) is 12.1 Å². The molecule has 0 aromatic heterocycles. The third-order valence-electron chi connectivity index (χ3n) is 2.65. The molecule has 2 nitrogen and oxygen atoms in total. The van der Waals surface area contributed by atoms with Crippen LogP contribution in [-0.4, -0.2) is 13.2 Å². The van der Waals surface area contributed by atoms with Gasteiger partial charge in [-0.2, -0.15) is 0 Å². The van der Waals surface area contributed by atoms with E-state index in [0.717, 1.165) is 11.5 Å². The monoisotopic (exact) mass is 206 g/mol. The quantitative estimate of drug-likeness (QED) is 0.752. The predicted octanol–water partition coefficient (Wildman–Crippen LogP) is 3.36. The van der Waals surface area contributed by atoms with E-state index in [1.165, 1.54) is 18.4 Å². The second kappa shape index (κ2) is 4.13. The normalized spacial score (nSPS) is 15.5. The Hall–Kier alpha value is -1.18. The average molecular weight is 206 g/mol. The van der Waals surface area contributed by atoms with Gasteiger partial charge < -0.3 is 9.47 Å². The Morgan fingerprint density at radius 1 is 1.27 bits per heavy atom. The van der Waals surface area contributed by atoms with Crippen molar-refractivity contribution in [2.24, 2.45) is 0 Å². The summed E-state index contributed by atoms with van der Waals surface area (Å²) < 4.78 is 11.3. The van der Waals surface area contributed by atoms with E-state index >= 15 is 0 Å². The summed E-state index contributed by atoms with van der Waals surface area (Å²) in [5.41, 5.74) is 1.22. The van der Waals surface area contributed by atoms with Crippen molar-refractivity contribution < 1.29 is 9.47 Å². The molecule has 1 aliphatic carbocycles. The summed E-state index contributed by atoms with van der Waals surface area (Å²) in [6.07, 6.45) is 2.77. The van der Waals surface area contributed by atoms with Crippen LogP contribution in [0, 0.1) is 0 Å². The molecule has 0 aliphatic heterocycles. The lowest BCUT2D eigenvalue weighted by atomic mass is 10.0. The first-order chi connectivity index (χ1) is 7.22. The molecule has 0 unspecified atom stereocenters. The smallest absolute Gasteiger partial charge is 0.164 e. The van der Waals surface area contributed by atoms with Crippen LogP contribution in [0.3, 0.4) is 0 Å². The molecule has 1 saturated carbocycles. The third-order valence-corrected chi connectivity index (χ3v) is 2.65. The van der Waals surface area contributed by atoms with Gasteiger partial charge >= 0.3 is 0 Å². The van der Waals surface area contributed by atoms with Gasteiger partial charge in [-0.05, 0) is 24.8 Å². The molecular weight excluding hydrogens is 188 g/mol. The zero-order valence-corrected chi connectivity index (χ0v) is 9.62. The minimum atomic E-state index is 0.418. The van der Waals surface area contributed by atoms with E-state index in [1.54, 1.807) is 7.11 Å². The van der Waals surface area contributed by atoms with E-state index in [9.17, 15) is 0 Å². The summed E-state index contributed by atoms with van der Waals surface area (Å²) in [7, 11) is 1.71. The number of methoxy groups -OCH3 is 1. The Bertz CT molecular complexity index is 340. The maximum atomic E-state index is 5.81. The SMILES string of the molecule is COc1c(OC2CC2)cccc1C(C)C. The first-order valence-corrected chi connectivity index (χ1v) is 5.56. The Balaban J connectivity index is 2.30. The van der Waals surface area contributed by atoms with E-state index in [0.29, 0.717) is 12.0 Å². The van der Waals surface area contributed by atoms with Gasteiger partial charge in [-0.1, -0.05) is 26.0 Å². The molecule has 0 spiro atoms. The summed E-state index contributed by atoms with van der Waals surface area (Å²) in [6.45, 7) is 4.33.